The third-order valence-corrected chi connectivity index (χ3v) is 4.53. The van der Waals surface area contributed by atoms with Crippen LogP contribution in [0.25, 0.3) is 0 Å². The van der Waals surface area contributed by atoms with Gasteiger partial charge in [-0.3, -0.25) is 4.79 Å². The van der Waals surface area contributed by atoms with Crippen LogP contribution >= 0.6 is 11.8 Å². The van der Waals surface area contributed by atoms with Crippen molar-refractivity contribution in [2.24, 2.45) is 0 Å². The first kappa shape index (κ1) is 13.0. The predicted molar refractivity (Wildman–Crippen MR) is 74.7 cm³/mol. The largest absolute Gasteiger partial charge is 0.315 e. The number of carbonyl (C=O) groups is 1. The highest BCUT2D eigenvalue weighted by Crippen LogP contribution is 2.27. The number of hydrogen-bond acceptors (Lipinski definition) is 3. The molecule has 1 aromatic carbocycles. The zero-order chi connectivity index (χ0) is 13.0. The van der Waals surface area contributed by atoms with Crippen molar-refractivity contribution in [3.05, 3.63) is 29.8 Å². The van der Waals surface area contributed by atoms with E-state index in [4.69, 9.17) is 5.26 Å². The number of amides is 1. The van der Waals surface area contributed by atoms with Gasteiger partial charge in [-0.25, -0.2) is 0 Å². The molecule has 1 unspecified atom stereocenters. The average molecular weight is 260 g/mol. The highest BCUT2D eigenvalue weighted by Gasteiger charge is 2.25. The second-order valence-corrected chi connectivity index (χ2v) is 5.72. The molecule has 0 N–H and O–H groups in total. The fourth-order valence-corrected chi connectivity index (χ4v) is 3.33. The third-order valence-electron chi connectivity index (χ3n) is 3.17. The van der Waals surface area contributed by atoms with E-state index in [0.717, 1.165) is 24.3 Å². The molecule has 0 saturated carbocycles. The number of nitrogens with zero attached hydrogens (tertiary/aromatic N) is 2. The fraction of sp³-hybridized carbons (Fsp3) is 0.429. The van der Waals surface area contributed by atoms with Crippen molar-refractivity contribution in [2.45, 2.75) is 24.5 Å². The van der Waals surface area contributed by atoms with Gasteiger partial charge in [0.25, 0.3) is 0 Å². The monoisotopic (exact) mass is 260 g/mol. The van der Waals surface area contributed by atoms with Gasteiger partial charge in [0.15, 0.2) is 0 Å². The van der Waals surface area contributed by atoms with Crippen LogP contribution < -0.4 is 4.90 Å². The summed E-state index contributed by atoms with van der Waals surface area (Å²) in [5.74, 6) is 1.25. The summed E-state index contributed by atoms with van der Waals surface area (Å²) in [6.45, 7) is 0. The fourth-order valence-electron chi connectivity index (χ4n) is 2.04. The van der Waals surface area contributed by atoms with Crippen LogP contribution in [0.5, 0.6) is 0 Å². The molecule has 2 rings (SSSR count). The molecule has 1 heterocycles. The standard InChI is InChI=1S/C14H16N2OS/c1-16(12-7-5-11(10-15)6-8-12)14(17)13-4-2-3-9-18-13/h5-8,13H,2-4,9H2,1H3. The van der Waals surface area contributed by atoms with Gasteiger partial charge in [-0.2, -0.15) is 5.26 Å². The Kier molecular flexibility index (Phi) is 4.27. The van der Waals surface area contributed by atoms with Crippen LogP contribution in [0.15, 0.2) is 24.3 Å². The van der Waals surface area contributed by atoms with E-state index in [0.29, 0.717) is 5.56 Å². The molecular formula is C14H16N2OS. The molecule has 0 spiro atoms. The summed E-state index contributed by atoms with van der Waals surface area (Å²) < 4.78 is 0. The van der Waals surface area contributed by atoms with Gasteiger partial charge in [0.05, 0.1) is 16.9 Å². The molecule has 1 saturated heterocycles. The number of anilines is 1. The molecule has 1 amide bonds. The second-order valence-electron chi connectivity index (χ2n) is 4.41. The predicted octanol–water partition coefficient (Wildman–Crippen LogP) is 2.81. The summed E-state index contributed by atoms with van der Waals surface area (Å²) in [5, 5.41) is 8.84. The van der Waals surface area contributed by atoms with E-state index >= 15 is 0 Å². The Morgan fingerprint density at radius 3 is 2.67 bits per heavy atom. The number of nitriles is 1. The molecule has 1 aliphatic rings. The topological polar surface area (TPSA) is 44.1 Å². The van der Waals surface area contributed by atoms with Crippen molar-refractivity contribution < 1.29 is 4.79 Å². The highest BCUT2D eigenvalue weighted by atomic mass is 32.2. The number of hydrogen-bond donors (Lipinski definition) is 0. The Bertz CT molecular complexity index is 458. The van der Waals surface area contributed by atoms with Crippen LogP contribution in [0.2, 0.25) is 0 Å². The van der Waals surface area contributed by atoms with Crippen LogP contribution in [0.3, 0.4) is 0 Å². The van der Waals surface area contributed by atoms with Crippen LogP contribution in [0, 0.1) is 11.3 Å². The minimum absolute atomic E-state index is 0.0967. The van der Waals surface area contributed by atoms with Gasteiger partial charge in [-0.05, 0) is 42.9 Å². The minimum atomic E-state index is 0.0967. The van der Waals surface area contributed by atoms with E-state index in [2.05, 4.69) is 6.07 Å². The van der Waals surface area contributed by atoms with E-state index in [-0.39, 0.29) is 11.2 Å². The Hall–Kier alpha value is -1.47. The molecule has 1 aliphatic heterocycles. The highest BCUT2D eigenvalue weighted by molar-refractivity contribution is 8.00. The van der Waals surface area contributed by atoms with Gasteiger partial charge < -0.3 is 4.90 Å². The third kappa shape index (κ3) is 2.85. The maximum Gasteiger partial charge on any atom is 0.239 e. The van der Waals surface area contributed by atoms with Gasteiger partial charge in [0.1, 0.15) is 0 Å². The number of carbonyl (C=O) groups excluding carboxylic acids is 1. The Labute approximate surface area is 112 Å². The Morgan fingerprint density at radius 2 is 2.11 bits per heavy atom. The van der Waals surface area contributed by atoms with Gasteiger partial charge in [-0.15, -0.1) is 11.8 Å². The maximum atomic E-state index is 12.3. The van der Waals surface area contributed by atoms with Crippen molar-refractivity contribution in [2.75, 3.05) is 17.7 Å². The van der Waals surface area contributed by atoms with E-state index < -0.39 is 0 Å². The zero-order valence-electron chi connectivity index (χ0n) is 10.4. The summed E-state index contributed by atoms with van der Waals surface area (Å²) in [5.41, 5.74) is 1.47. The SMILES string of the molecule is CN(C(=O)C1CCCCS1)c1ccc(C#N)cc1. The lowest BCUT2D eigenvalue weighted by molar-refractivity contribution is -0.118. The molecule has 1 fully saturated rings. The normalized spacial score (nSPS) is 19.0. The van der Waals surface area contributed by atoms with E-state index in [1.54, 1.807) is 35.8 Å². The lowest BCUT2D eigenvalue weighted by Crippen LogP contribution is -2.36. The number of thioether (sulfide) groups is 1. The Balaban J connectivity index is 2.07. The summed E-state index contributed by atoms with van der Waals surface area (Å²) in [6, 6.07) is 9.21. The van der Waals surface area contributed by atoms with Crippen molar-refractivity contribution >= 4 is 23.4 Å². The first-order valence-corrected chi connectivity index (χ1v) is 7.16. The maximum absolute atomic E-state index is 12.3. The molecule has 0 bridgehead atoms. The van der Waals surface area contributed by atoms with Crippen molar-refractivity contribution in [3.8, 4) is 6.07 Å². The van der Waals surface area contributed by atoms with Gasteiger partial charge in [-0.1, -0.05) is 6.42 Å². The van der Waals surface area contributed by atoms with Crippen LogP contribution in [0.4, 0.5) is 5.69 Å². The molecule has 1 atom stereocenters. The average Bonchev–Trinajstić information content (AvgIpc) is 2.47. The molecule has 94 valence electrons. The molecule has 0 aromatic heterocycles. The molecular weight excluding hydrogens is 244 g/mol. The van der Waals surface area contributed by atoms with E-state index in [1.165, 1.54) is 6.42 Å². The molecule has 1 aromatic rings. The lowest BCUT2D eigenvalue weighted by atomic mass is 10.1. The number of rotatable bonds is 2. The van der Waals surface area contributed by atoms with E-state index in [1.807, 2.05) is 12.1 Å². The summed E-state index contributed by atoms with van der Waals surface area (Å²) >= 11 is 1.76. The molecule has 0 radical (unpaired) electrons. The van der Waals surface area contributed by atoms with Crippen LogP contribution in [0.1, 0.15) is 24.8 Å². The molecule has 3 nitrogen and oxygen atoms in total. The minimum Gasteiger partial charge on any atom is -0.315 e. The van der Waals surface area contributed by atoms with E-state index in [9.17, 15) is 4.79 Å². The zero-order valence-corrected chi connectivity index (χ0v) is 11.2. The lowest BCUT2D eigenvalue weighted by Gasteiger charge is -2.26. The van der Waals surface area contributed by atoms with Crippen molar-refractivity contribution in [1.82, 2.24) is 0 Å². The first-order valence-electron chi connectivity index (χ1n) is 6.11. The Morgan fingerprint density at radius 1 is 1.39 bits per heavy atom. The van der Waals surface area contributed by atoms with Gasteiger partial charge in [0.2, 0.25) is 5.91 Å². The van der Waals surface area contributed by atoms with Crippen molar-refractivity contribution in [1.29, 1.82) is 5.26 Å². The number of benzene rings is 1. The first-order chi connectivity index (χ1) is 8.72. The molecule has 0 aliphatic carbocycles. The van der Waals surface area contributed by atoms with Crippen LogP contribution in [-0.2, 0) is 4.79 Å². The quantitative estimate of drug-likeness (QED) is 0.821. The summed E-state index contributed by atoms with van der Waals surface area (Å²) in [7, 11) is 1.80. The van der Waals surface area contributed by atoms with Gasteiger partial charge >= 0.3 is 0 Å². The van der Waals surface area contributed by atoms with Gasteiger partial charge in [0, 0.05) is 12.7 Å². The molecule has 4 heteroatoms. The van der Waals surface area contributed by atoms with Crippen molar-refractivity contribution in [3.63, 3.8) is 0 Å². The second kappa shape index (κ2) is 5.92. The van der Waals surface area contributed by atoms with Crippen LogP contribution in [-0.4, -0.2) is 24.0 Å². The summed E-state index contributed by atoms with van der Waals surface area (Å²) in [6.07, 6.45) is 3.34. The molecule has 18 heavy (non-hydrogen) atoms. The summed E-state index contributed by atoms with van der Waals surface area (Å²) in [4.78, 5) is 14.0. The smallest absolute Gasteiger partial charge is 0.239 e.